The number of nitrogen functional groups attached to an aromatic ring is 1. The van der Waals surface area contributed by atoms with Crippen molar-refractivity contribution in [2.24, 2.45) is 0 Å². The van der Waals surface area contributed by atoms with Crippen LogP contribution in [0.3, 0.4) is 0 Å². The number of nitrogens with two attached hydrogens (primary N) is 1. The summed E-state index contributed by atoms with van der Waals surface area (Å²) in [4.78, 5) is 15.6. The number of fused-ring (bicyclic) bond motifs is 1. The molecule has 0 aliphatic rings. The first kappa shape index (κ1) is 12.9. The summed E-state index contributed by atoms with van der Waals surface area (Å²) in [6, 6.07) is 9.31. The van der Waals surface area contributed by atoms with Gasteiger partial charge in [0.1, 0.15) is 22.5 Å². The van der Waals surface area contributed by atoms with Gasteiger partial charge in [0, 0.05) is 0 Å². The molecule has 0 fully saturated rings. The van der Waals surface area contributed by atoms with Crippen LogP contribution in [0.5, 0.6) is 0 Å². The zero-order chi connectivity index (χ0) is 14.1. The number of hydrogen-bond acceptors (Lipinski definition) is 6. The molecule has 2 heterocycles. The Hall–Kier alpha value is -2.12. The minimum atomic E-state index is -0.832. The van der Waals surface area contributed by atoms with Crippen molar-refractivity contribution in [2.45, 2.75) is 11.1 Å². The summed E-state index contributed by atoms with van der Waals surface area (Å²) in [6.07, 6.45) is 1.07. The van der Waals surface area contributed by atoms with E-state index in [0.717, 1.165) is 5.56 Å². The Balaban J connectivity index is 2.09. The largest absolute Gasteiger partial charge is 0.380 e. The molecule has 102 valence electrons. The molecule has 0 saturated carbocycles. The lowest BCUT2D eigenvalue weighted by molar-refractivity contribution is 0.211. The first-order chi connectivity index (χ1) is 9.69. The summed E-state index contributed by atoms with van der Waals surface area (Å²) in [5.74, 6) is 0.607. The van der Waals surface area contributed by atoms with Gasteiger partial charge in [-0.15, -0.1) is 11.8 Å². The fraction of sp³-hybridized carbons (Fsp3) is 0.154. The van der Waals surface area contributed by atoms with E-state index in [0.29, 0.717) is 22.0 Å². The highest BCUT2D eigenvalue weighted by molar-refractivity contribution is 7.98. The van der Waals surface area contributed by atoms with E-state index in [1.54, 1.807) is 0 Å². The van der Waals surface area contributed by atoms with E-state index in [1.807, 2.05) is 36.6 Å². The van der Waals surface area contributed by atoms with Crippen molar-refractivity contribution in [1.82, 2.24) is 19.9 Å². The van der Waals surface area contributed by atoms with Gasteiger partial charge in [0.15, 0.2) is 5.65 Å². The van der Waals surface area contributed by atoms with Crippen molar-refractivity contribution in [3.63, 3.8) is 0 Å². The van der Waals surface area contributed by atoms with E-state index in [4.69, 9.17) is 5.73 Å². The average molecular weight is 287 g/mol. The standard InChI is InChI=1S/C13H13N5OS/c1-20-12-8-10(17-13(14)18-12)16-11(15-8)9(19)7-5-3-2-4-6-7/h2-6,9,19H,1H3,(H3,14,15,16,17,18)/t9-/m0/s1. The number of nitrogens with zero attached hydrogens (tertiary/aromatic N) is 3. The Morgan fingerprint density at radius 2 is 1.95 bits per heavy atom. The van der Waals surface area contributed by atoms with E-state index >= 15 is 0 Å². The van der Waals surface area contributed by atoms with Crippen LogP contribution in [-0.4, -0.2) is 31.3 Å². The Bertz CT molecular complexity index is 743. The summed E-state index contributed by atoms with van der Waals surface area (Å²) < 4.78 is 0. The van der Waals surface area contributed by atoms with Gasteiger partial charge in [-0.25, -0.2) is 9.97 Å². The molecule has 7 heteroatoms. The fourth-order valence-electron chi connectivity index (χ4n) is 1.98. The molecule has 0 bridgehead atoms. The van der Waals surface area contributed by atoms with Gasteiger partial charge in [-0.2, -0.15) is 4.98 Å². The number of thioether (sulfide) groups is 1. The van der Waals surface area contributed by atoms with Crippen LogP contribution in [0.15, 0.2) is 35.4 Å². The van der Waals surface area contributed by atoms with E-state index in [2.05, 4.69) is 19.9 Å². The maximum Gasteiger partial charge on any atom is 0.223 e. The van der Waals surface area contributed by atoms with Gasteiger partial charge in [0.2, 0.25) is 5.95 Å². The maximum absolute atomic E-state index is 10.3. The van der Waals surface area contributed by atoms with Gasteiger partial charge in [0.25, 0.3) is 0 Å². The first-order valence-electron chi connectivity index (χ1n) is 5.99. The van der Waals surface area contributed by atoms with Gasteiger partial charge >= 0.3 is 0 Å². The van der Waals surface area contributed by atoms with Crippen molar-refractivity contribution in [3.8, 4) is 0 Å². The maximum atomic E-state index is 10.3. The first-order valence-corrected chi connectivity index (χ1v) is 7.21. The van der Waals surface area contributed by atoms with Gasteiger partial charge in [0.05, 0.1) is 0 Å². The molecule has 0 aliphatic carbocycles. The molecule has 0 amide bonds. The summed E-state index contributed by atoms with van der Waals surface area (Å²) in [6.45, 7) is 0. The van der Waals surface area contributed by atoms with Crippen LogP contribution in [0, 0.1) is 0 Å². The number of aromatic amines is 1. The highest BCUT2D eigenvalue weighted by Gasteiger charge is 2.17. The molecule has 3 aromatic rings. The second-order valence-electron chi connectivity index (χ2n) is 4.22. The zero-order valence-corrected chi connectivity index (χ0v) is 11.6. The van der Waals surface area contributed by atoms with Crippen molar-refractivity contribution < 1.29 is 5.11 Å². The number of anilines is 1. The van der Waals surface area contributed by atoms with Gasteiger partial charge in [-0.3, -0.25) is 0 Å². The van der Waals surface area contributed by atoms with Gasteiger partial charge in [-0.1, -0.05) is 30.3 Å². The van der Waals surface area contributed by atoms with Crippen molar-refractivity contribution in [3.05, 3.63) is 41.7 Å². The lowest BCUT2D eigenvalue weighted by Crippen LogP contribution is -2.01. The van der Waals surface area contributed by atoms with Crippen LogP contribution in [-0.2, 0) is 0 Å². The minimum absolute atomic E-state index is 0.175. The molecule has 0 radical (unpaired) electrons. The topological polar surface area (TPSA) is 101 Å². The zero-order valence-electron chi connectivity index (χ0n) is 10.7. The molecule has 0 saturated heterocycles. The minimum Gasteiger partial charge on any atom is -0.380 e. The molecule has 20 heavy (non-hydrogen) atoms. The second kappa shape index (κ2) is 5.10. The lowest BCUT2D eigenvalue weighted by Gasteiger charge is -2.06. The van der Waals surface area contributed by atoms with Crippen LogP contribution >= 0.6 is 11.8 Å². The quantitative estimate of drug-likeness (QED) is 0.501. The number of H-pyrrole nitrogens is 1. The number of nitrogens with one attached hydrogen (secondary N) is 1. The highest BCUT2D eigenvalue weighted by Crippen LogP contribution is 2.26. The van der Waals surface area contributed by atoms with Crippen LogP contribution in [0.1, 0.15) is 17.5 Å². The third-order valence-electron chi connectivity index (χ3n) is 2.92. The number of benzene rings is 1. The predicted octanol–water partition coefficient (Wildman–Crippen LogP) is 1.74. The van der Waals surface area contributed by atoms with Gasteiger partial charge in [-0.05, 0) is 11.8 Å². The summed E-state index contributed by atoms with van der Waals surface area (Å²) >= 11 is 1.45. The Morgan fingerprint density at radius 3 is 2.65 bits per heavy atom. The van der Waals surface area contributed by atoms with Crippen molar-refractivity contribution in [1.29, 1.82) is 0 Å². The summed E-state index contributed by atoms with van der Waals surface area (Å²) in [5, 5.41) is 11.1. The predicted molar refractivity (Wildman–Crippen MR) is 78.4 cm³/mol. The normalized spacial score (nSPS) is 12.7. The van der Waals surface area contributed by atoms with Gasteiger partial charge < -0.3 is 15.8 Å². The molecule has 3 rings (SSSR count). The van der Waals surface area contributed by atoms with Crippen molar-refractivity contribution >= 4 is 28.9 Å². The number of aliphatic hydroxyl groups is 1. The summed E-state index contributed by atoms with van der Waals surface area (Å²) in [5.41, 5.74) is 7.56. The van der Waals surface area contributed by atoms with E-state index in [-0.39, 0.29) is 5.95 Å². The second-order valence-corrected chi connectivity index (χ2v) is 5.02. The lowest BCUT2D eigenvalue weighted by atomic mass is 10.1. The smallest absolute Gasteiger partial charge is 0.223 e. The molecule has 0 spiro atoms. The molecule has 1 atom stereocenters. The Labute approximate surface area is 119 Å². The van der Waals surface area contributed by atoms with E-state index in [1.165, 1.54) is 11.8 Å². The number of aromatic nitrogens is 4. The average Bonchev–Trinajstić information content (AvgIpc) is 2.90. The number of hydrogen-bond donors (Lipinski definition) is 3. The van der Waals surface area contributed by atoms with E-state index < -0.39 is 6.10 Å². The van der Waals surface area contributed by atoms with E-state index in [9.17, 15) is 5.11 Å². The number of imidazole rings is 1. The molecule has 6 nitrogen and oxygen atoms in total. The van der Waals surface area contributed by atoms with Crippen LogP contribution in [0.2, 0.25) is 0 Å². The van der Waals surface area contributed by atoms with Crippen molar-refractivity contribution in [2.75, 3.05) is 12.0 Å². The molecule has 0 aliphatic heterocycles. The number of aliphatic hydroxyl groups excluding tert-OH is 1. The highest BCUT2D eigenvalue weighted by atomic mass is 32.2. The van der Waals surface area contributed by atoms with Crippen LogP contribution in [0.4, 0.5) is 5.95 Å². The third kappa shape index (κ3) is 2.21. The summed E-state index contributed by atoms with van der Waals surface area (Å²) in [7, 11) is 0. The molecular formula is C13H13N5OS. The third-order valence-corrected chi connectivity index (χ3v) is 3.60. The molecular weight excluding hydrogens is 274 g/mol. The molecule has 2 aromatic heterocycles. The number of rotatable bonds is 3. The monoisotopic (exact) mass is 287 g/mol. The fourth-order valence-corrected chi connectivity index (χ4v) is 2.51. The Kier molecular flexibility index (Phi) is 3.29. The Morgan fingerprint density at radius 1 is 1.20 bits per heavy atom. The van der Waals surface area contributed by atoms with Crippen LogP contribution in [0.25, 0.3) is 11.2 Å². The molecule has 0 unspecified atom stereocenters. The van der Waals surface area contributed by atoms with Crippen LogP contribution < -0.4 is 5.73 Å². The molecule has 4 N–H and O–H groups in total. The SMILES string of the molecule is CSc1nc(N)nc2nc([C@@H](O)c3ccccc3)[nH]c12. The molecule has 1 aromatic carbocycles.